The van der Waals surface area contributed by atoms with Crippen LogP contribution in [0.2, 0.25) is 0 Å². The Morgan fingerprint density at radius 1 is 1.32 bits per heavy atom. The van der Waals surface area contributed by atoms with Gasteiger partial charge in [0, 0.05) is 18.2 Å². The van der Waals surface area contributed by atoms with Crippen molar-refractivity contribution < 1.29 is 9.53 Å². The Labute approximate surface area is 124 Å². The lowest BCUT2D eigenvalue weighted by Gasteiger charge is -2.41. The van der Waals surface area contributed by atoms with E-state index in [0.29, 0.717) is 16.2 Å². The van der Waals surface area contributed by atoms with Crippen LogP contribution in [-0.4, -0.2) is 10.8 Å². The first-order valence-corrected chi connectivity index (χ1v) is 8.02. The molecular formula is C16H23BrO2. The Kier molecular flexibility index (Phi) is 4.54. The molecule has 0 aliphatic heterocycles. The van der Waals surface area contributed by atoms with E-state index < -0.39 is 0 Å². The Morgan fingerprint density at radius 2 is 2.05 bits per heavy atom. The molecule has 3 heteroatoms. The van der Waals surface area contributed by atoms with Crippen LogP contribution in [0.15, 0.2) is 23.5 Å². The summed E-state index contributed by atoms with van der Waals surface area (Å²) in [5.41, 5.74) is 1.90. The largest absolute Gasteiger partial charge is 0.431 e. The van der Waals surface area contributed by atoms with Gasteiger partial charge in [0.2, 0.25) is 0 Å². The number of halogens is 1. The molecule has 0 aromatic rings. The molecule has 1 saturated carbocycles. The zero-order valence-electron chi connectivity index (χ0n) is 12.0. The van der Waals surface area contributed by atoms with Gasteiger partial charge in [0.25, 0.3) is 0 Å². The molecule has 0 unspecified atom stereocenters. The molecule has 0 amide bonds. The van der Waals surface area contributed by atoms with Gasteiger partial charge in [0.1, 0.15) is 5.76 Å². The van der Waals surface area contributed by atoms with E-state index in [1.165, 1.54) is 31.8 Å². The van der Waals surface area contributed by atoms with Gasteiger partial charge in [0.15, 0.2) is 0 Å². The minimum Gasteiger partial charge on any atom is -0.431 e. The second kappa shape index (κ2) is 5.82. The van der Waals surface area contributed by atoms with Gasteiger partial charge in [-0.05, 0) is 43.1 Å². The molecule has 0 aromatic carbocycles. The van der Waals surface area contributed by atoms with Gasteiger partial charge in [-0.2, -0.15) is 0 Å². The van der Waals surface area contributed by atoms with Crippen molar-refractivity contribution in [1.82, 2.24) is 0 Å². The molecule has 0 bridgehead atoms. The standard InChI is InChI=1S/C16H23BrO2/c1-11(18)19-14-7-4-12(5-8-14)13-6-9-15(17)16(2,3)10-13/h4,7,13,15H,5-6,8-10H2,1-3H3/t13-,15-/m0/s1. The van der Waals surface area contributed by atoms with Gasteiger partial charge in [-0.15, -0.1) is 0 Å². The fourth-order valence-corrected chi connectivity index (χ4v) is 3.62. The van der Waals surface area contributed by atoms with E-state index in [2.05, 4.69) is 35.9 Å². The predicted octanol–water partition coefficient (Wildman–Crippen LogP) is 4.74. The van der Waals surface area contributed by atoms with Gasteiger partial charge < -0.3 is 4.74 Å². The van der Waals surface area contributed by atoms with Crippen molar-refractivity contribution in [3.63, 3.8) is 0 Å². The smallest absolute Gasteiger partial charge is 0.307 e. The second-order valence-corrected chi connectivity index (χ2v) is 7.51. The number of carbonyl (C=O) groups excluding carboxylic acids is 1. The molecule has 0 saturated heterocycles. The lowest BCUT2D eigenvalue weighted by molar-refractivity contribution is -0.137. The average Bonchev–Trinajstić information content (AvgIpc) is 2.33. The highest BCUT2D eigenvalue weighted by atomic mass is 79.9. The van der Waals surface area contributed by atoms with E-state index in [9.17, 15) is 4.79 Å². The Bertz CT molecular complexity index is 420. The number of ether oxygens (including phenoxy) is 1. The number of rotatable bonds is 2. The molecule has 2 aliphatic rings. The van der Waals surface area contributed by atoms with Gasteiger partial charge in [-0.25, -0.2) is 0 Å². The first-order chi connectivity index (χ1) is 8.88. The van der Waals surface area contributed by atoms with Gasteiger partial charge in [-0.1, -0.05) is 41.4 Å². The van der Waals surface area contributed by atoms with Crippen molar-refractivity contribution in [3.8, 4) is 0 Å². The fourth-order valence-electron chi connectivity index (χ4n) is 3.16. The molecule has 19 heavy (non-hydrogen) atoms. The molecule has 0 radical (unpaired) electrons. The summed E-state index contributed by atoms with van der Waals surface area (Å²) in [6, 6.07) is 0. The maximum absolute atomic E-state index is 10.9. The van der Waals surface area contributed by atoms with E-state index in [0.717, 1.165) is 18.6 Å². The van der Waals surface area contributed by atoms with Gasteiger partial charge in [-0.3, -0.25) is 4.79 Å². The van der Waals surface area contributed by atoms with Crippen molar-refractivity contribution in [2.24, 2.45) is 11.3 Å². The number of esters is 1. The molecule has 2 atom stereocenters. The topological polar surface area (TPSA) is 26.3 Å². The van der Waals surface area contributed by atoms with E-state index in [4.69, 9.17) is 4.74 Å². The average molecular weight is 327 g/mol. The lowest BCUT2D eigenvalue weighted by Crippen LogP contribution is -2.33. The number of hydrogen-bond donors (Lipinski definition) is 0. The van der Waals surface area contributed by atoms with Crippen LogP contribution in [0.1, 0.15) is 52.9 Å². The van der Waals surface area contributed by atoms with Crippen LogP contribution in [0, 0.1) is 11.3 Å². The van der Waals surface area contributed by atoms with Gasteiger partial charge in [0.05, 0.1) is 0 Å². The van der Waals surface area contributed by atoms with Crippen LogP contribution in [0.25, 0.3) is 0 Å². The number of carbonyl (C=O) groups is 1. The van der Waals surface area contributed by atoms with Crippen molar-refractivity contribution in [2.45, 2.75) is 57.7 Å². The molecular weight excluding hydrogens is 304 g/mol. The second-order valence-electron chi connectivity index (χ2n) is 6.40. The van der Waals surface area contributed by atoms with Crippen molar-refractivity contribution in [3.05, 3.63) is 23.5 Å². The number of hydrogen-bond acceptors (Lipinski definition) is 2. The van der Waals surface area contributed by atoms with E-state index in [-0.39, 0.29) is 5.97 Å². The third kappa shape index (κ3) is 3.71. The van der Waals surface area contributed by atoms with E-state index >= 15 is 0 Å². The molecule has 0 heterocycles. The Balaban J connectivity index is 2.02. The highest BCUT2D eigenvalue weighted by Gasteiger charge is 2.36. The first kappa shape index (κ1) is 14.8. The first-order valence-electron chi connectivity index (χ1n) is 7.10. The van der Waals surface area contributed by atoms with E-state index in [1.54, 1.807) is 0 Å². The number of allylic oxidation sites excluding steroid dienone is 4. The number of alkyl halides is 1. The quantitative estimate of drug-likeness (QED) is 0.541. The molecule has 2 aliphatic carbocycles. The summed E-state index contributed by atoms with van der Waals surface area (Å²) in [6.45, 7) is 6.16. The monoisotopic (exact) mass is 326 g/mol. The van der Waals surface area contributed by atoms with Crippen LogP contribution in [-0.2, 0) is 9.53 Å². The minimum atomic E-state index is -0.218. The van der Waals surface area contributed by atoms with E-state index in [1.807, 2.05) is 6.08 Å². The molecule has 106 valence electrons. The normalized spacial score (nSPS) is 30.3. The Hall–Kier alpha value is -0.570. The van der Waals surface area contributed by atoms with Crippen molar-refractivity contribution >= 4 is 21.9 Å². The zero-order chi connectivity index (χ0) is 14.0. The summed E-state index contributed by atoms with van der Waals surface area (Å²) < 4.78 is 5.15. The molecule has 1 fully saturated rings. The summed E-state index contributed by atoms with van der Waals surface area (Å²) >= 11 is 3.81. The predicted molar refractivity (Wildman–Crippen MR) is 81.0 cm³/mol. The molecule has 2 nitrogen and oxygen atoms in total. The lowest BCUT2D eigenvalue weighted by atomic mass is 9.69. The van der Waals surface area contributed by atoms with Gasteiger partial charge >= 0.3 is 5.97 Å². The summed E-state index contributed by atoms with van der Waals surface area (Å²) in [7, 11) is 0. The zero-order valence-corrected chi connectivity index (χ0v) is 13.6. The SMILES string of the molecule is CC(=O)OC1=CC=C([C@H]2CC[C@H](Br)C(C)(C)C2)CC1. The van der Waals surface area contributed by atoms with Crippen LogP contribution in [0.5, 0.6) is 0 Å². The van der Waals surface area contributed by atoms with Crippen molar-refractivity contribution in [2.75, 3.05) is 0 Å². The van der Waals surface area contributed by atoms with Crippen LogP contribution < -0.4 is 0 Å². The highest BCUT2D eigenvalue weighted by molar-refractivity contribution is 9.09. The molecule has 0 spiro atoms. The summed E-state index contributed by atoms with van der Waals surface area (Å²) in [5, 5.41) is 0. The maximum Gasteiger partial charge on any atom is 0.307 e. The molecule has 0 aromatic heterocycles. The summed E-state index contributed by atoms with van der Waals surface area (Å²) in [6.07, 6.45) is 9.81. The van der Waals surface area contributed by atoms with Crippen molar-refractivity contribution in [1.29, 1.82) is 0 Å². The molecule has 0 N–H and O–H groups in total. The minimum absolute atomic E-state index is 0.218. The van der Waals surface area contributed by atoms with Crippen LogP contribution in [0.3, 0.4) is 0 Å². The third-order valence-electron chi connectivity index (χ3n) is 4.33. The fraction of sp³-hybridized carbons (Fsp3) is 0.688. The summed E-state index contributed by atoms with van der Waals surface area (Å²) in [5.74, 6) is 1.28. The highest BCUT2D eigenvalue weighted by Crippen LogP contribution is 2.46. The Morgan fingerprint density at radius 3 is 2.58 bits per heavy atom. The third-order valence-corrected chi connectivity index (χ3v) is 6.03. The van der Waals surface area contributed by atoms with Crippen LogP contribution >= 0.6 is 15.9 Å². The van der Waals surface area contributed by atoms with Crippen LogP contribution in [0.4, 0.5) is 0 Å². The summed E-state index contributed by atoms with van der Waals surface area (Å²) in [4.78, 5) is 11.6. The maximum atomic E-state index is 10.9. The molecule has 2 rings (SSSR count).